The molecule has 2 aromatic rings. The molecule has 3 aliphatic rings. The van der Waals surface area contributed by atoms with Crippen molar-refractivity contribution in [2.75, 3.05) is 6.61 Å². The van der Waals surface area contributed by atoms with Crippen molar-refractivity contribution in [3.8, 4) is 16.9 Å². The van der Waals surface area contributed by atoms with Crippen LogP contribution < -0.4 is 10.5 Å². The number of aliphatic hydroxyl groups is 1. The van der Waals surface area contributed by atoms with E-state index < -0.39 is 17.5 Å². The highest BCUT2D eigenvalue weighted by molar-refractivity contribution is 6.30. The van der Waals surface area contributed by atoms with Crippen molar-refractivity contribution in [2.24, 2.45) is 16.6 Å². The topological polar surface area (TPSA) is 77.1 Å². The number of fused-ring (bicyclic) bond motifs is 4. The van der Waals surface area contributed by atoms with Gasteiger partial charge in [0.1, 0.15) is 29.8 Å². The van der Waals surface area contributed by atoms with Crippen LogP contribution >= 0.6 is 11.6 Å². The molecule has 1 aliphatic carbocycles. The van der Waals surface area contributed by atoms with E-state index in [0.717, 1.165) is 23.3 Å². The lowest BCUT2D eigenvalue weighted by molar-refractivity contribution is -0.0359. The molecule has 0 aromatic heterocycles. The monoisotopic (exact) mass is 402 g/mol. The van der Waals surface area contributed by atoms with Crippen molar-refractivity contribution in [2.45, 2.75) is 37.0 Å². The molecule has 1 saturated carbocycles. The number of rotatable bonds is 1. The second-order valence-electron chi connectivity index (χ2n) is 7.76. The lowest BCUT2D eigenvalue weighted by Gasteiger charge is -2.47. The summed E-state index contributed by atoms with van der Waals surface area (Å²) in [5.41, 5.74) is 7.51. The summed E-state index contributed by atoms with van der Waals surface area (Å²) >= 11 is 6.04. The molecule has 1 fully saturated rings. The summed E-state index contributed by atoms with van der Waals surface area (Å²) in [6.07, 6.45) is 1.57. The van der Waals surface area contributed by atoms with Crippen LogP contribution in [0.25, 0.3) is 11.1 Å². The van der Waals surface area contributed by atoms with Gasteiger partial charge in [-0.15, -0.1) is 0 Å². The van der Waals surface area contributed by atoms with Crippen LogP contribution in [0.15, 0.2) is 41.4 Å². The number of halogens is 2. The Morgan fingerprint density at radius 1 is 1.18 bits per heavy atom. The van der Waals surface area contributed by atoms with Crippen LogP contribution in [0.2, 0.25) is 5.02 Å². The third-order valence-electron chi connectivity index (χ3n) is 6.04. The van der Waals surface area contributed by atoms with Crippen molar-refractivity contribution >= 4 is 17.6 Å². The molecule has 28 heavy (non-hydrogen) atoms. The minimum Gasteiger partial charge on any atom is -0.490 e. The summed E-state index contributed by atoms with van der Waals surface area (Å²) in [4.78, 5) is 4.69. The first-order valence-electron chi connectivity index (χ1n) is 9.38. The molecule has 5 rings (SSSR count). The lowest BCUT2D eigenvalue weighted by atomic mass is 9.67. The van der Waals surface area contributed by atoms with Gasteiger partial charge in [0.05, 0.1) is 6.10 Å². The minimum absolute atomic E-state index is 0.0452. The number of benzene rings is 2. The fourth-order valence-electron chi connectivity index (χ4n) is 4.77. The van der Waals surface area contributed by atoms with E-state index in [0.29, 0.717) is 30.0 Å². The molecule has 146 valence electrons. The molecule has 3 N–H and O–H groups in total. The smallest absolute Gasteiger partial charge is 0.283 e. The maximum Gasteiger partial charge on any atom is 0.283 e. The molecule has 2 aromatic carbocycles. The number of hydrogen-bond donors (Lipinski definition) is 2. The highest BCUT2D eigenvalue weighted by Gasteiger charge is 2.55. The molecule has 0 saturated heterocycles. The van der Waals surface area contributed by atoms with Gasteiger partial charge in [-0.05, 0) is 60.7 Å². The Balaban J connectivity index is 1.67. The van der Waals surface area contributed by atoms with Gasteiger partial charge in [-0.3, -0.25) is 0 Å². The predicted molar refractivity (Wildman–Crippen MR) is 104 cm³/mol. The van der Waals surface area contributed by atoms with Gasteiger partial charge >= 0.3 is 0 Å². The highest BCUT2D eigenvalue weighted by atomic mass is 35.5. The second-order valence-corrected chi connectivity index (χ2v) is 8.20. The molecule has 0 bridgehead atoms. The Morgan fingerprint density at radius 2 is 2.04 bits per heavy atom. The van der Waals surface area contributed by atoms with Gasteiger partial charge in [0.2, 0.25) is 0 Å². The molecule has 5 nitrogen and oxygen atoms in total. The first kappa shape index (κ1) is 17.8. The summed E-state index contributed by atoms with van der Waals surface area (Å²) in [5.74, 6) is 0.287. The molecule has 1 spiro atoms. The SMILES string of the molecule is NC1=N[C@@]2(CO1)c1cc(-c3cc(F)cc(Cl)c3)ccc1O[C@H]1CC[C@H](O)C[C@@H]12. The molecule has 2 heterocycles. The lowest BCUT2D eigenvalue weighted by Crippen LogP contribution is -2.51. The van der Waals surface area contributed by atoms with E-state index in [1.807, 2.05) is 18.2 Å². The van der Waals surface area contributed by atoms with E-state index in [2.05, 4.69) is 0 Å². The number of hydrogen-bond acceptors (Lipinski definition) is 5. The molecule has 0 amide bonds. The van der Waals surface area contributed by atoms with Crippen molar-refractivity contribution in [1.29, 1.82) is 0 Å². The van der Waals surface area contributed by atoms with Gasteiger partial charge < -0.3 is 20.3 Å². The highest BCUT2D eigenvalue weighted by Crippen LogP contribution is 2.53. The second kappa shape index (κ2) is 6.36. The minimum atomic E-state index is -0.711. The molecule has 7 heteroatoms. The summed E-state index contributed by atoms with van der Waals surface area (Å²) in [5, 5.41) is 10.6. The van der Waals surface area contributed by atoms with Crippen LogP contribution in [0.4, 0.5) is 4.39 Å². The maximum atomic E-state index is 13.9. The van der Waals surface area contributed by atoms with Gasteiger partial charge in [-0.25, -0.2) is 9.38 Å². The van der Waals surface area contributed by atoms with Crippen LogP contribution in [0, 0.1) is 11.7 Å². The summed E-state index contributed by atoms with van der Waals surface area (Å²) in [6, 6.07) is 10.3. The number of ether oxygens (including phenoxy) is 2. The quantitative estimate of drug-likeness (QED) is 0.764. The standard InChI is InChI=1S/C21H20ClFN2O3/c22-13-5-12(6-14(23)8-13)11-1-3-18-16(7-11)21(10-27-20(24)25-21)17-9-15(26)2-4-19(17)28-18/h1,3,5-8,15,17,19,26H,2,4,9-10H2,(H2,24,25)/t15-,17-,19-,21-/m0/s1. The van der Waals surface area contributed by atoms with Gasteiger partial charge in [-0.2, -0.15) is 0 Å². The van der Waals surface area contributed by atoms with Crippen molar-refractivity contribution in [3.63, 3.8) is 0 Å². The fraction of sp³-hybridized carbons (Fsp3) is 0.381. The van der Waals surface area contributed by atoms with Gasteiger partial charge in [0.25, 0.3) is 6.02 Å². The zero-order valence-electron chi connectivity index (χ0n) is 15.1. The first-order valence-corrected chi connectivity index (χ1v) is 9.76. The van der Waals surface area contributed by atoms with Crippen molar-refractivity contribution in [3.05, 3.63) is 52.8 Å². The molecule has 0 unspecified atom stereocenters. The van der Waals surface area contributed by atoms with Crippen LogP contribution in [-0.2, 0) is 10.3 Å². The van der Waals surface area contributed by atoms with E-state index in [-0.39, 0.29) is 18.0 Å². The normalized spacial score (nSPS) is 30.8. The Bertz CT molecular complexity index is 962. The molecule has 4 atom stereocenters. The number of nitrogens with zero attached hydrogens (tertiary/aromatic N) is 1. The number of aliphatic imine (C=N–C) groups is 1. The van der Waals surface area contributed by atoms with Crippen LogP contribution in [0.1, 0.15) is 24.8 Å². The van der Waals surface area contributed by atoms with Gasteiger partial charge in [0, 0.05) is 16.5 Å². The van der Waals surface area contributed by atoms with Gasteiger partial charge in [0.15, 0.2) is 0 Å². The summed E-state index contributed by atoms with van der Waals surface area (Å²) < 4.78 is 25.7. The number of aliphatic hydroxyl groups excluding tert-OH is 1. The van der Waals surface area contributed by atoms with E-state index in [1.54, 1.807) is 6.07 Å². The number of amidine groups is 1. The largest absolute Gasteiger partial charge is 0.490 e. The Morgan fingerprint density at radius 3 is 2.79 bits per heavy atom. The van der Waals surface area contributed by atoms with E-state index in [9.17, 15) is 9.50 Å². The fourth-order valence-corrected chi connectivity index (χ4v) is 4.99. The average Bonchev–Trinajstić information content (AvgIpc) is 3.04. The Labute approximate surface area is 166 Å². The van der Waals surface area contributed by atoms with Crippen LogP contribution in [-0.4, -0.2) is 29.9 Å². The summed E-state index contributed by atoms with van der Waals surface area (Å²) in [7, 11) is 0. The first-order chi connectivity index (χ1) is 13.4. The third kappa shape index (κ3) is 2.74. The third-order valence-corrected chi connectivity index (χ3v) is 6.26. The Kier molecular flexibility index (Phi) is 4.03. The molecular formula is C21H20ClFN2O3. The van der Waals surface area contributed by atoms with E-state index in [1.165, 1.54) is 12.1 Å². The Hall–Kier alpha value is -2.31. The van der Waals surface area contributed by atoms with E-state index in [4.69, 9.17) is 31.8 Å². The summed E-state index contributed by atoms with van der Waals surface area (Å²) in [6.45, 7) is 0.302. The van der Waals surface area contributed by atoms with Crippen molar-refractivity contribution in [1.82, 2.24) is 0 Å². The maximum absolute atomic E-state index is 13.9. The molecule has 2 aliphatic heterocycles. The molecular weight excluding hydrogens is 383 g/mol. The van der Waals surface area contributed by atoms with Crippen molar-refractivity contribution < 1.29 is 19.0 Å². The molecule has 0 radical (unpaired) electrons. The number of nitrogens with two attached hydrogens (primary N) is 1. The predicted octanol–water partition coefficient (Wildman–Crippen LogP) is 3.61. The zero-order valence-corrected chi connectivity index (χ0v) is 15.8. The van der Waals surface area contributed by atoms with E-state index >= 15 is 0 Å². The van der Waals surface area contributed by atoms with Crippen LogP contribution in [0.5, 0.6) is 5.75 Å². The van der Waals surface area contributed by atoms with Gasteiger partial charge in [-0.1, -0.05) is 17.7 Å². The van der Waals surface area contributed by atoms with Crippen LogP contribution in [0.3, 0.4) is 0 Å². The average molecular weight is 403 g/mol. The zero-order chi connectivity index (χ0) is 19.5.